The molecule has 5 heteroatoms. The second-order valence-corrected chi connectivity index (χ2v) is 6.05. The summed E-state index contributed by atoms with van der Waals surface area (Å²) in [7, 11) is 2.01. The highest BCUT2D eigenvalue weighted by Crippen LogP contribution is 2.24. The molecule has 0 aliphatic heterocycles. The molecule has 0 saturated heterocycles. The number of benzene rings is 1. The molecule has 0 bridgehead atoms. The lowest BCUT2D eigenvalue weighted by Gasteiger charge is -2.16. The summed E-state index contributed by atoms with van der Waals surface area (Å²) in [4.78, 5) is 6.78. The van der Waals surface area contributed by atoms with Crippen molar-refractivity contribution >= 4 is 16.5 Å². The fraction of sp³-hybridized carbons (Fsp3) is 0.438. The van der Waals surface area contributed by atoms with Crippen LogP contribution in [0.25, 0.3) is 0 Å². The standard InChI is InChI=1S/C16H22FN3S/c1-4-9-18-12(2)15-11-21-16(19-15)20(3)10-13-5-7-14(17)8-6-13/h5-8,11-12,18H,4,9-10H2,1-3H3. The van der Waals surface area contributed by atoms with E-state index in [1.165, 1.54) is 12.1 Å². The van der Waals surface area contributed by atoms with E-state index in [-0.39, 0.29) is 11.9 Å². The number of rotatable bonds is 7. The van der Waals surface area contributed by atoms with Gasteiger partial charge in [-0.2, -0.15) is 0 Å². The van der Waals surface area contributed by atoms with Crippen molar-refractivity contribution in [1.82, 2.24) is 10.3 Å². The van der Waals surface area contributed by atoms with Gasteiger partial charge in [0.25, 0.3) is 0 Å². The molecule has 1 aromatic heterocycles. The first kappa shape index (κ1) is 15.9. The zero-order valence-electron chi connectivity index (χ0n) is 12.8. The molecule has 3 nitrogen and oxygen atoms in total. The van der Waals surface area contributed by atoms with E-state index < -0.39 is 0 Å². The van der Waals surface area contributed by atoms with Crippen LogP contribution in [0.3, 0.4) is 0 Å². The Kier molecular flexibility index (Phi) is 5.70. The van der Waals surface area contributed by atoms with E-state index in [0.29, 0.717) is 0 Å². The van der Waals surface area contributed by atoms with Gasteiger partial charge in [-0.3, -0.25) is 0 Å². The summed E-state index contributed by atoms with van der Waals surface area (Å²) in [6, 6.07) is 6.88. The van der Waals surface area contributed by atoms with Crippen molar-refractivity contribution in [3.05, 3.63) is 46.7 Å². The number of hydrogen-bond donors (Lipinski definition) is 1. The Morgan fingerprint density at radius 2 is 2.05 bits per heavy atom. The van der Waals surface area contributed by atoms with E-state index in [1.54, 1.807) is 11.3 Å². The van der Waals surface area contributed by atoms with Crippen LogP contribution < -0.4 is 10.2 Å². The number of halogens is 1. The van der Waals surface area contributed by atoms with E-state index in [0.717, 1.165) is 35.9 Å². The number of nitrogens with zero attached hydrogens (tertiary/aromatic N) is 2. The maximum atomic E-state index is 12.9. The SMILES string of the molecule is CCCNC(C)c1csc(N(C)Cc2ccc(F)cc2)n1. The van der Waals surface area contributed by atoms with Crippen molar-refractivity contribution in [2.24, 2.45) is 0 Å². The van der Waals surface area contributed by atoms with Crippen LogP contribution in [0.2, 0.25) is 0 Å². The summed E-state index contributed by atoms with van der Waals surface area (Å²) in [6.07, 6.45) is 1.12. The van der Waals surface area contributed by atoms with Crippen LogP contribution >= 0.6 is 11.3 Å². The summed E-state index contributed by atoms with van der Waals surface area (Å²) in [6.45, 7) is 6.01. The van der Waals surface area contributed by atoms with Gasteiger partial charge in [-0.1, -0.05) is 19.1 Å². The number of aromatic nitrogens is 1. The average Bonchev–Trinajstić information content (AvgIpc) is 2.97. The second-order valence-electron chi connectivity index (χ2n) is 5.21. The molecule has 0 aliphatic carbocycles. The number of nitrogens with one attached hydrogen (secondary N) is 1. The Hall–Kier alpha value is -1.46. The predicted molar refractivity (Wildman–Crippen MR) is 87.3 cm³/mol. The molecule has 114 valence electrons. The van der Waals surface area contributed by atoms with Crippen LogP contribution in [-0.2, 0) is 6.54 Å². The molecule has 1 N–H and O–H groups in total. The van der Waals surface area contributed by atoms with Gasteiger partial charge in [0.05, 0.1) is 5.69 Å². The molecular formula is C16H22FN3S. The lowest BCUT2D eigenvalue weighted by Crippen LogP contribution is -2.20. The Balaban J connectivity index is 1.98. The summed E-state index contributed by atoms with van der Waals surface area (Å²) in [5, 5.41) is 6.53. The van der Waals surface area contributed by atoms with Crippen molar-refractivity contribution in [1.29, 1.82) is 0 Å². The Morgan fingerprint density at radius 3 is 2.71 bits per heavy atom. The van der Waals surface area contributed by atoms with Gasteiger partial charge in [-0.05, 0) is 37.6 Å². The highest BCUT2D eigenvalue weighted by Gasteiger charge is 2.12. The lowest BCUT2D eigenvalue weighted by atomic mass is 10.2. The van der Waals surface area contributed by atoms with Crippen molar-refractivity contribution in [3.63, 3.8) is 0 Å². The zero-order valence-corrected chi connectivity index (χ0v) is 13.6. The minimum absolute atomic E-state index is 0.200. The van der Waals surface area contributed by atoms with Gasteiger partial charge in [0, 0.05) is 25.0 Å². The molecule has 1 atom stereocenters. The van der Waals surface area contributed by atoms with Gasteiger partial charge in [-0.15, -0.1) is 11.3 Å². The first-order chi connectivity index (χ1) is 10.1. The summed E-state index contributed by atoms with van der Waals surface area (Å²) >= 11 is 1.64. The Labute approximate surface area is 129 Å². The monoisotopic (exact) mass is 307 g/mol. The quantitative estimate of drug-likeness (QED) is 0.838. The Morgan fingerprint density at radius 1 is 1.33 bits per heavy atom. The maximum Gasteiger partial charge on any atom is 0.185 e. The molecular weight excluding hydrogens is 285 g/mol. The summed E-state index contributed by atoms with van der Waals surface area (Å²) in [5.41, 5.74) is 2.15. The van der Waals surface area contributed by atoms with Crippen LogP contribution in [-0.4, -0.2) is 18.6 Å². The smallest absolute Gasteiger partial charge is 0.185 e. The van der Waals surface area contributed by atoms with E-state index in [4.69, 9.17) is 0 Å². The van der Waals surface area contributed by atoms with Crippen molar-refractivity contribution in [2.75, 3.05) is 18.5 Å². The van der Waals surface area contributed by atoms with Gasteiger partial charge >= 0.3 is 0 Å². The Bertz CT molecular complexity index is 553. The van der Waals surface area contributed by atoms with E-state index in [2.05, 4.69) is 34.4 Å². The first-order valence-electron chi connectivity index (χ1n) is 7.24. The molecule has 1 aromatic carbocycles. The minimum Gasteiger partial charge on any atom is -0.347 e. The van der Waals surface area contributed by atoms with Gasteiger partial charge in [0.1, 0.15) is 5.82 Å². The van der Waals surface area contributed by atoms with Crippen LogP contribution in [0.15, 0.2) is 29.6 Å². The minimum atomic E-state index is -0.200. The largest absolute Gasteiger partial charge is 0.347 e. The fourth-order valence-electron chi connectivity index (χ4n) is 2.05. The highest BCUT2D eigenvalue weighted by atomic mass is 32.1. The summed E-state index contributed by atoms with van der Waals surface area (Å²) in [5.74, 6) is -0.200. The molecule has 1 heterocycles. The maximum absolute atomic E-state index is 12.9. The third-order valence-electron chi connectivity index (χ3n) is 3.31. The van der Waals surface area contributed by atoms with Crippen LogP contribution in [0.1, 0.15) is 37.6 Å². The molecule has 0 spiro atoms. The molecule has 0 aliphatic rings. The van der Waals surface area contributed by atoms with Crippen LogP contribution in [0.5, 0.6) is 0 Å². The second kappa shape index (κ2) is 7.52. The zero-order chi connectivity index (χ0) is 15.2. The number of hydrogen-bond acceptors (Lipinski definition) is 4. The molecule has 0 saturated carbocycles. The third kappa shape index (κ3) is 4.51. The summed E-state index contributed by atoms with van der Waals surface area (Å²) < 4.78 is 12.9. The molecule has 2 aromatic rings. The number of anilines is 1. The van der Waals surface area contributed by atoms with E-state index in [9.17, 15) is 4.39 Å². The van der Waals surface area contributed by atoms with Gasteiger partial charge in [-0.25, -0.2) is 9.37 Å². The van der Waals surface area contributed by atoms with Crippen molar-refractivity contribution in [2.45, 2.75) is 32.9 Å². The normalized spacial score (nSPS) is 12.4. The number of thiazole rings is 1. The molecule has 0 amide bonds. The third-order valence-corrected chi connectivity index (χ3v) is 4.29. The van der Waals surface area contributed by atoms with Crippen molar-refractivity contribution in [3.8, 4) is 0 Å². The molecule has 0 fully saturated rings. The van der Waals surface area contributed by atoms with Gasteiger partial charge in [0.2, 0.25) is 0 Å². The van der Waals surface area contributed by atoms with Gasteiger partial charge in [0.15, 0.2) is 5.13 Å². The van der Waals surface area contributed by atoms with E-state index >= 15 is 0 Å². The molecule has 1 unspecified atom stereocenters. The predicted octanol–water partition coefficient (Wildman–Crippen LogP) is 3.98. The average molecular weight is 307 g/mol. The molecule has 2 rings (SSSR count). The first-order valence-corrected chi connectivity index (χ1v) is 8.12. The van der Waals surface area contributed by atoms with E-state index in [1.807, 2.05) is 19.2 Å². The highest BCUT2D eigenvalue weighted by molar-refractivity contribution is 7.13. The van der Waals surface area contributed by atoms with Crippen LogP contribution in [0.4, 0.5) is 9.52 Å². The molecule has 21 heavy (non-hydrogen) atoms. The molecule has 0 radical (unpaired) electrons. The van der Waals surface area contributed by atoms with Crippen molar-refractivity contribution < 1.29 is 4.39 Å². The fourth-order valence-corrected chi connectivity index (χ4v) is 2.93. The van der Waals surface area contributed by atoms with Gasteiger partial charge < -0.3 is 10.2 Å². The lowest BCUT2D eigenvalue weighted by molar-refractivity contribution is 0.561. The topological polar surface area (TPSA) is 28.2 Å². The van der Waals surface area contributed by atoms with Crippen LogP contribution in [0, 0.1) is 5.82 Å².